The number of hydrogen-bond acceptors (Lipinski definition) is 6. The quantitative estimate of drug-likeness (QED) is 0.0281. The summed E-state index contributed by atoms with van der Waals surface area (Å²) in [6.45, 7) is 4.77. The van der Waals surface area contributed by atoms with Crippen LogP contribution in [0.15, 0.2) is 24.3 Å². The number of ether oxygens (including phenoxy) is 3. The summed E-state index contributed by atoms with van der Waals surface area (Å²) < 4.78 is 17.4. The molecular weight excluding hydrogens is 787 g/mol. The molecule has 370 valence electrons. The standard InChI is InChI=1S/C55H103NO7/c1-6-8-10-12-14-16-18-20-22-24-25-26-27-28-30-32-34-36-38-40-42-44-46-54(58)63-51(49-61-48-47-52(55(59)60)56(3,4)5)50-62-53(57)45-43-41-39-37-35-33-31-29-23-21-19-17-15-13-11-9-7-2/h21,23,27-28,51-52H,6-20,22,24-26,29-50H2,1-5H3/p+1/b23-21+,28-27+. The maximum atomic E-state index is 12.8. The van der Waals surface area contributed by atoms with Crippen molar-refractivity contribution in [2.75, 3.05) is 41.0 Å². The topological polar surface area (TPSA) is 99.1 Å². The molecule has 0 amide bonds. The predicted molar refractivity (Wildman–Crippen MR) is 266 cm³/mol. The molecule has 8 nitrogen and oxygen atoms in total. The van der Waals surface area contributed by atoms with E-state index >= 15 is 0 Å². The SMILES string of the molecule is CCCCCCCC/C=C/CCCCCCCCCC(=O)OCC(COCCC(C(=O)O)[N+](C)(C)C)OC(=O)CCCCCCCCC/C=C/CCCCCCCCCCCCC. The van der Waals surface area contributed by atoms with Gasteiger partial charge in [0.05, 0.1) is 34.4 Å². The van der Waals surface area contributed by atoms with E-state index < -0.39 is 18.1 Å². The average molecular weight is 891 g/mol. The normalized spacial score (nSPS) is 13.0. The van der Waals surface area contributed by atoms with E-state index in [1.165, 1.54) is 186 Å². The Morgan fingerprint density at radius 1 is 0.460 bits per heavy atom. The van der Waals surface area contributed by atoms with Gasteiger partial charge in [-0.3, -0.25) is 9.59 Å². The first kappa shape index (κ1) is 60.8. The fourth-order valence-corrected chi connectivity index (χ4v) is 8.14. The number of carbonyl (C=O) groups excluding carboxylic acids is 2. The van der Waals surface area contributed by atoms with Crippen molar-refractivity contribution < 1.29 is 38.2 Å². The van der Waals surface area contributed by atoms with Gasteiger partial charge in [0.2, 0.25) is 0 Å². The molecule has 0 aliphatic rings. The second kappa shape index (κ2) is 46.3. The van der Waals surface area contributed by atoms with Crippen molar-refractivity contribution in [1.29, 1.82) is 0 Å². The minimum absolute atomic E-state index is 0.0514. The first-order chi connectivity index (χ1) is 30.6. The van der Waals surface area contributed by atoms with E-state index in [0.29, 0.717) is 19.3 Å². The Hall–Kier alpha value is -2.19. The first-order valence-electron chi connectivity index (χ1n) is 26.9. The molecule has 0 aromatic heterocycles. The van der Waals surface area contributed by atoms with Crippen LogP contribution in [0.2, 0.25) is 0 Å². The van der Waals surface area contributed by atoms with E-state index in [4.69, 9.17) is 14.2 Å². The van der Waals surface area contributed by atoms with Crippen molar-refractivity contribution in [3.63, 3.8) is 0 Å². The summed E-state index contributed by atoms with van der Waals surface area (Å²) in [5.74, 6) is -1.46. The number of aliphatic carboxylic acids is 1. The Morgan fingerprint density at radius 2 is 0.794 bits per heavy atom. The number of rotatable bonds is 49. The van der Waals surface area contributed by atoms with Crippen LogP contribution < -0.4 is 0 Å². The highest BCUT2D eigenvalue weighted by molar-refractivity contribution is 5.72. The molecule has 1 N–H and O–H groups in total. The van der Waals surface area contributed by atoms with Crippen LogP contribution in [0.4, 0.5) is 0 Å². The zero-order chi connectivity index (χ0) is 46.3. The number of quaternary nitrogens is 1. The van der Waals surface area contributed by atoms with Gasteiger partial charge >= 0.3 is 17.9 Å². The zero-order valence-corrected chi connectivity index (χ0v) is 42.3. The van der Waals surface area contributed by atoms with Crippen LogP contribution in [-0.2, 0) is 28.6 Å². The number of hydrogen-bond donors (Lipinski definition) is 1. The van der Waals surface area contributed by atoms with Gasteiger partial charge in [0, 0.05) is 19.3 Å². The third-order valence-corrected chi connectivity index (χ3v) is 12.3. The lowest BCUT2D eigenvalue weighted by Gasteiger charge is -2.31. The molecule has 0 aromatic carbocycles. The summed E-state index contributed by atoms with van der Waals surface area (Å²) in [5, 5.41) is 9.66. The monoisotopic (exact) mass is 891 g/mol. The molecule has 2 atom stereocenters. The molecule has 0 heterocycles. The molecule has 0 saturated heterocycles. The predicted octanol–water partition coefficient (Wildman–Crippen LogP) is 15.6. The van der Waals surface area contributed by atoms with E-state index in [2.05, 4.69) is 38.2 Å². The smallest absolute Gasteiger partial charge is 0.362 e. The summed E-state index contributed by atoms with van der Waals surface area (Å²) in [6.07, 6.45) is 53.7. The van der Waals surface area contributed by atoms with Gasteiger partial charge < -0.3 is 23.8 Å². The Balaban J connectivity index is 4.20. The lowest BCUT2D eigenvalue weighted by atomic mass is 10.0. The van der Waals surface area contributed by atoms with Gasteiger partial charge in [-0.15, -0.1) is 0 Å². The summed E-state index contributed by atoms with van der Waals surface area (Å²) in [7, 11) is 5.54. The molecule has 0 spiro atoms. The molecule has 0 aliphatic carbocycles. The van der Waals surface area contributed by atoms with Crippen molar-refractivity contribution in [3.05, 3.63) is 24.3 Å². The van der Waals surface area contributed by atoms with Crippen LogP contribution in [0.5, 0.6) is 0 Å². The van der Waals surface area contributed by atoms with E-state index in [1.54, 1.807) is 0 Å². The molecule has 0 rings (SSSR count). The Labute approximate surface area is 390 Å². The fourth-order valence-electron chi connectivity index (χ4n) is 8.14. The number of carboxylic acid groups (broad SMARTS) is 1. The average Bonchev–Trinajstić information content (AvgIpc) is 3.24. The van der Waals surface area contributed by atoms with Crippen LogP contribution >= 0.6 is 0 Å². The summed E-state index contributed by atoms with van der Waals surface area (Å²) in [6, 6.07) is -0.615. The maximum absolute atomic E-state index is 12.8. The van der Waals surface area contributed by atoms with E-state index in [9.17, 15) is 19.5 Å². The highest BCUT2D eigenvalue weighted by atomic mass is 16.6. The molecule has 0 saturated carbocycles. The van der Waals surface area contributed by atoms with Crippen LogP contribution in [0, 0.1) is 0 Å². The summed E-state index contributed by atoms with van der Waals surface area (Å²) >= 11 is 0. The zero-order valence-electron chi connectivity index (χ0n) is 42.3. The van der Waals surface area contributed by atoms with Crippen LogP contribution in [0.25, 0.3) is 0 Å². The molecule has 0 aliphatic heterocycles. The van der Waals surface area contributed by atoms with Gasteiger partial charge in [-0.1, -0.05) is 199 Å². The van der Waals surface area contributed by atoms with Crippen molar-refractivity contribution in [2.24, 2.45) is 0 Å². The Morgan fingerprint density at radius 3 is 1.14 bits per heavy atom. The Kier molecular flexibility index (Phi) is 44.7. The first-order valence-corrected chi connectivity index (χ1v) is 26.9. The number of unbranched alkanes of at least 4 members (excludes halogenated alkanes) is 31. The number of carbonyl (C=O) groups is 3. The highest BCUT2D eigenvalue weighted by Crippen LogP contribution is 2.16. The van der Waals surface area contributed by atoms with E-state index in [-0.39, 0.29) is 36.2 Å². The lowest BCUT2D eigenvalue weighted by molar-refractivity contribution is -0.887. The van der Waals surface area contributed by atoms with Crippen molar-refractivity contribution in [3.8, 4) is 0 Å². The van der Waals surface area contributed by atoms with Crippen molar-refractivity contribution in [2.45, 2.75) is 270 Å². The van der Waals surface area contributed by atoms with Gasteiger partial charge in [-0.05, 0) is 64.2 Å². The molecule has 0 fully saturated rings. The maximum Gasteiger partial charge on any atom is 0.362 e. The minimum Gasteiger partial charge on any atom is -0.477 e. The van der Waals surface area contributed by atoms with E-state index in [0.717, 1.165) is 38.5 Å². The minimum atomic E-state index is -0.873. The summed E-state index contributed by atoms with van der Waals surface area (Å²) in [5.41, 5.74) is 0. The molecule has 0 bridgehead atoms. The van der Waals surface area contributed by atoms with Gasteiger partial charge in [0.1, 0.15) is 6.61 Å². The largest absolute Gasteiger partial charge is 0.477 e. The number of carboxylic acids is 1. The van der Waals surface area contributed by atoms with Crippen LogP contribution in [-0.4, -0.2) is 80.6 Å². The Bertz CT molecular complexity index is 1080. The van der Waals surface area contributed by atoms with Crippen molar-refractivity contribution in [1.82, 2.24) is 0 Å². The second-order valence-electron chi connectivity index (χ2n) is 19.5. The highest BCUT2D eigenvalue weighted by Gasteiger charge is 2.31. The van der Waals surface area contributed by atoms with Gasteiger partial charge in [-0.2, -0.15) is 0 Å². The molecule has 0 radical (unpaired) electrons. The van der Waals surface area contributed by atoms with Crippen molar-refractivity contribution >= 4 is 17.9 Å². The second-order valence-corrected chi connectivity index (χ2v) is 19.5. The molecule has 8 heteroatoms. The van der Waals surface area contributed by atoms with Crippen LogP contribution in [0.3, 0.4) is 0 Å². The van der Waals surface area contributed by atoms with Crippen LogP contribution in [0.1, 0.15) is 258 Å². The third kappa shape index (κ3) is 44.8. The van der Waals surface area contributed by atoms with Gasteiger partial charge in [0.25, 0.3) is 0 Å². The number of nitrogens with zero attached hydrogens (tertiary/aromatic N) is 1. The fraction of sp³-hybridized carbons (Fsp3) is 0.873. The molecule has 0 aromatic rings. The lowest BCUT2D eigenvalue weighted by Crippen LogP contribution is -2.50. The van der Waals surface area contributed by atoms with E-state index in [1.807, 2.05) is 21.1 Å². The number of likely N-dealkylation sites (N-methyl/N-ethyl adjacent to an activating group) is 1. The summed E-state index contributed by atoms with van der Waals surface area (Å²) in [4.78, 5) is 37.2. The molecule has 63 heavy (non-hydrogen) atoms. The third-order valence-electron chi connectivity index (χ3n) is 12.3. The molecule has 2 unspecified atom stereocenters. The number of esters is 2. The van der Waals surface area contributed by atoms with Gasteiger partial charge in [-0.25, -0.2) is 4.79 Å². The van der Waals surface area contributed by atoms with Gasteiger partial charge in [0.15, 0.2) is 12.1 Å². The molecular formula is C55H104NO7+. The number of allylic oxidation sites excluding steroid dienone is 4.